The summed E-state index contributed by atoms with van der Waals surface area (Å²) in [5.41, 5.74) is 7.41. The third kappa shape index (κ3) is 4.80. The van der Waals surface area contributed by atoms with E-state index in [-0.39, 0.29) is 18.1 Å². The number of ether oxygens (including phenoxy) is 1. The Morgan fingerprint density at radius 3 is 2.30 bits per heavy atom. The summed E-state index contributed by atoms with van der Waals surface area (Å²) in [7, 11) is 0. The molecule has 27 heavy (non-hydrogen) atoms. The van der Waals surface area contributed by atoms with Crippen LogP contribution >= 0.6 is 0 Å². The molecule has 0 aliphatic carbocycles. The topological polar surface area (TPSA) is 98.5 Å². The van der Waals surface area contributed by atoms with E-state index < -0.39 is 18.1 Å². The van der Waals surface area contributed by atoms with Crippen molar-refractivity contribution in [2.75, 3.05) is 6.61 Å². The van der Waals surface area contributed by atoms with Crippen LogP contribution in [-0.2, 0) is 20.7 Å². The predicted octanol–water partition coefficient (Wildman–Crippen LogP) is 1.61. The molecular formula is C21H22N2O4. The molecule has 1 aliphatic heterocycles. The van der Waals surface area contributed by atoms with Crippen molar-refractivity contribution in [3.63, 3.8) is 0 Å². The highest BCUT2D eigenvalue weighted by Crippen LogP contribution is 2.14. The summed E-state index contributed by atoms with van der Waals surface area (Å²) in [5.74, 6) is -0.988. The highest BCUT2D eigenvalue weighted by atomic mass is 16.5. The van der Waals surface area contributed by atoms with Crippen LogP contribution in [0.4, 0.5) is 0 Å². The lowest BCUT2D eigenvalue weighted by molar-refractivity contribution is -0.133. The Morgan fingerprint density at radius 1 is 1.04 bits per heavy atom. The van der Waals surface area contributed by atoms with Crippen molar-refractivity contribution in [3.8, 4) is 0 Å². The Bertz CT molecular complexity index is 812. The second-order valence-electron chi connectivity index (χ2n) is 6.56. The van der Waals surface area contributed by atoms with Crippen molar-refractivity contribution in [2.24, 2.45) is 5.73 Å². The van der Waals surface area contributed by atoms with Crippen molar-refractivity contribution in [3.05, 3.63) is 71.3 Å². The number of rotatable bonds is 7. The number of amides is 2. The van der Waals surface area contributed by atoms with Crippen LogP contribution in [0.5, 0.6) is 0 Å². The van der Waals surface area contributed by atoms with Crippen LogP contribution in [0, 0.1) is 0 Å². The van der Waals surface area contributed by atoms with E-state index >= 15 is 0 Å². The molecule has 2 atom stereocenters. The van der Waals surface area contributed by atoms with Crippen LogP contribution in [-0.4, -0.2) is 36.4 Å². The summed E-state index contributed by atoms with van der Waals surface area (Å²) in [5, 5.41) is 2.66. The number of benzene rings is 2. The quantitative estimate of drug-likeness (QED) is 0.727. The second-order valence-corrected chi connectivity index (χ2v) is 6.56. The van der Waals surface area contributed by atoms with Crippen LogP contribution in [0.25, 0.3) is 0 Å². The lowest BCUT2D eigenvalue weighted by atomic mass is 9.99. The van der Waals surface area contributed by atoms with Gasteiger partial charge in [-0.3, -0.25) is 14.4 Å². The van der Waals surface area contributed by atoms with E-state index in [4.69, 9.17) is 10.5 Å². The molecule has 3 N–H and O–H groups in total. The van der Waals surface area contributed by atoms with Gasteiger partial charge in [0.15, 0.2) is 5.78 Å². The first kappa shape index (κ1) is 18.8. The Hall–Kier alpha value is -2.99. The molecule has 140 valence electrons. The number of ketones is 1. The molecule has 1 saturated heterocycles. The van der Waals surface area contributed by atoms with Crippen LogP contribution in [0.2, 0.25) is 0 Å². The molecule has 0 aromatic heterocycles. The maximum absolute atomic E-state index is 12.4. The molecule has 2 aromatic rings. The molecule has 0 radical (unpaired) electrons. The molecule has 1 fully saturated rings. The zero-order valence-electron chi connectivity index (χ0n) is 14.9. The van der Waals surface area contributed by atoms with Crippen LogP contribution in [0.1, 0.15) is 34.3 Å². The SMILES string of the molecule is NC(=O)[C@@H](Cc1ccc(C(=O)c2ccccc2)cc1)NC(=O)[C@H]1CCCO1. The van der Waals surface area contributed by atoms with Crippen LogP contribution < -0.4 is 11.1 Å². The van der Waals surface area contributed by atoms with Gasteiger partial charge in [-0.25, -0.2) is 0 Å². The number of hydrogen-bond acceptors (Lipinski definition) is 4. The smallest absolute Gasteiger partial charge is 0.249 e. The summed E-state index contributed by atoms with van der Waals surface area (Å²) in [6, 6.07) is 15.2. The van der Waals surface area contributed by atoms with Crippen molar-refractivity contribution < 1.29 is 19.1 Å². The molecule has 0 spiro atoms. The van der Waals surface area contributed by atoms with E-state index in [0.717, 1.165) is 12.0 Å². The second kappa shape index (κ2) is 8.60. The van der Waals surface area contributed by atoms with E-state index in [2.05, 4.69) is 5.32 Å². The molecule has 0 unspecified atom stereocenters. The summed E-state index contributed by atoms with van der Waals surface area (Å²) in [6.07, 6.45) is 1.22. The fourth-order valence-corrected chi connectivity index (χ4v) is 3.06. The monoisotopic (exact) mass is 366 g/mol. The van der Waals surface area contributed by atoms with Gasteiger partial charge in [0.1, 0.15) is 12.1 Å². The van der Waals surface area contributed by atoms with Crippen LogP contribution in [0.15, 0.2) is 54.6 Å². The van der Waals surface area contributed by atoms with Gasteiger partial charge >= 0.3 is 0 Å². The molecule has 2 aromatic carbocycles. The maximum atomic E-state index is 12.4. The van der Waals surface area contributed by atoms with Crippen molar-refractivity contribution >= 4 is 17.6 Å². The highest BCUT2D eigenvalue weighted by Gasteiger charge is 2.27. The number of nitrogens with two attached hydrogens (primary N) is 1. The van der Waals surface area contributed by atoms with E-state index in [1.54, 1.807) is 36.4 Å². The van der Waals surface area contributed by atoms with Crippen molar-refractivity contribution in [1.82, 2.24) is 5.32 Å². The third-order valence-electron chi connectivity index (χ3n) is 4.57. The average Bonchev–Trinajstić information content (AvgIpc) is 3.23. The fourth-order valence-electron chi connectivity index (χ4n) is 3.06. The summed E-state index contributed by atoms with van der Waals surface area (Å²) in [4.78, 5) is 36.3. The predicted molar refractivity (Wildman–Crippen MR) is 100 cm³/mol. The van der Waals surface area contributed by atoms with Gasteiger partial charge in [0.25, 0.3) is 0 Å². The van der Waals surface area contributed by atoms with E-state index in [0.29, 0.717) is 24.2 Å². The molecule has 2 amide bonds. The molecule has 6 heteroatoms. The summed E-state index contributed by atoms with van der Waals surface area (Å²) < 4.78 is 5.33. The number of primary amides is 1. The number of nitrogens with one attached hydrogen (secondary N) is 1. The third-order valence-corrected chi connectivity index (χ3v) is 4.57. The molecular weight excluding hydrogens is 344 g/mol. The fraction of sp³-hybridized carbons (Fsp3) is 0.286. The Kier molecular flexibility index (Phi) is 5.98. The van der Waals surface area contributed by atoms with E-state index in [1.807, 2.05) is 18.2 Å². The van der Waals surface area contributed by atoms with Crippen molar-refractivity contribution in [2.45, 2.75) is 31.4 Å². The molecule has 6 nitrogen and oxygen atoms in total. The molecule has 0 saturated carbocycles. The Balaban J connectivity index is 1.65. The first-order valence-electron chi connectivity index (χ1n) is 8.94. The Labute approximate surface area is 157 Å². The number of hydrogen-bond donors (Lipinski definition) is 2. The zero-order valence-corrected chi connectivity index (χ0v) is 14.9. The standard InChI is InChI=1S/C21H22N2O4/c22-20(25)17(23-21(26)18-7-4-12-27-18)13-14-8-10-16(11-9-14)19(24)15-5-2-1-3-6-15/h1-3,5-6,8-11,17-18H,4,7,12-13H2,(H2,22,25)(H,23,26)/t17-,18-/m1/s1. The lowest BCUT2D eigenvalue weighted by Gasteiger charge is -2.18. The van der Waals surface area contributed by atoms with Gasteiger partial charge in [-0.1, -0.05) is 54.6 Å². The summed E-state index contributed by atoms with van der Waals surface area (Å²) in [6.45, 7) is 0.552. The minimum Gasteiger partial charge on any atom is -0.368 e. The highest BCUT2D eigenvalue weighted by molar-refractivity contribution is 6.08. The van der Waals surface area contributed by atoms with E-state index in [9.17, 15) is 14.4 Å². The van der Waals surface area contributed by atoms with Gasteiger partial charge in [-0.2, -0.15) is 0 Å². The minimum absolute atomic E-state index is 0.0692. The van der Waals surface area contributed by atoms with Gasteiger partial charge in [0.2, 0.25) is 11.8 Å². The average molecular weight is 366 g/mol. The Morgan fingerprint density at radius 2 is 1.70 bits per heavy atom. The number of carbonyl (C=O) groups excluding carboxylic acids is 3. The van der Waals surface area contributed by atoms with E-state index in [1.165, 1.54) is 0 Å². The van der Waals surface area contributed by atoms with Crippen LogP contribution in [0.3, 0.4) is 0 Å². The maximum Gasteiger partial charge on any atom is 0.249 e. The van der Waals surface area contributed by atoms with Gasteiger partial charge in [-0.05, 0) is 18.4 Å². The molecule has 3 rings (SSSR count). The zero-order chi connectivity index (χ0) is 19.2. The van der Waals surface area contributed by atoms with Gasteiger partial charge in [-0.15, -0.1) is 0 Å². The minimum atomic E-state index is -0.822. The molecule has 1 aliphatic rings. The normalized spacial score (nSPS) is 17.3. The molecule has 0 bridgehead atoms. The van der Waals surface area contributed by atoms with Gasteiger partial charge in [0.05, 0.1) is 0 Å². The first-order valence-corrected chi connectivity index (χ1v) is 8.94. The largest absolute Gasteiger partial charge is 0.368 e. The van der Waals surface area contributed by atoms with Crippen molar-refractivity contribution in [1.29, 1.82) is 0 Å². The van der Waals surface area contributed by atoms with Gasteiger partial charge < -0.3 is 15.8 Å². The first-order chi connectivity index (χ1) is 13.0. The lowest BCUT2D eigenvalue weighted by Crippen LogP contribution is -2.49. The number of carbonyl (C=O) groups is 3. The van der Waals surface area contributed by atoms with Gasteiger partial charge in [0, 0.05) is 24.2 Å². The summed E-state index contributed by atoms with van der Waals surface area (Å²) >= 11 is 0. The molecule has 1 heterocycles.